The van der Waals surface area contributed by atoms with Gasteiger partial charge in [0.2, 0.25) is 0 Å². The van der Waals surface area contributed by atoms with Crippen LogP contribution in [0.5, 0.6) is 0 Å². The van der Waals surface area contributed by atoms with Gasteiger partial charge < -0.3 is 39.4 Å². The van der Waals surface area contributed by atoms with Crippen LogP contribution in [0.15, 0.2) is 24.3 Å². The highest BCUT2D eigenvalue weighted by atomic mass is 16.6. The molecule has 47 heavy (non-hydrogen) atoms. The number of nitrogens with two attached hydrogens (primary N) is 1. The van der Waals surface area contributed by atoms with Crippen molar-refractivity contribution in [1.29, 1.82) is 0 Å². The fourth-order valence-corrected chi connectivity index (χ4v) is 6.50. The molecule has 0 amide bonds. The number of rotatable bonds is 20. The molecule has 0 saturated carbocycles. The van der Waals surface area contributed by atoms with Crippen LogP contribution in [0.25, 0.3) is 21.9 Å². The number of anilines is 1. The van der Waals surface area contributed by atoms with E-state index in [-0.39, 0.29) is 5.97 Å². The maximum absolute atomic E-state index is 12.9. The van der Waals surface area contributed by atoms with Crippen molar-refractivity contribution in [3.8, 4) is 0 Å². The molecule has 11 heteroatoms. The van der Waals surface area contributed by atoms with Crippen LogP contribution in [-0.2, 0) is 27.4 Å². The van der Waals surface area contributed by atoms with Crippen molar-refractivity contribution >= 4 is 33.7 Å². The lowest BCUT2D eigenvalue weighted by Crippen LogP contribution is -2.47. The van der Waals surface area contributed by atoms with Crippen LogP contribution < -0.4 is 5.73 Å². The highest BCUT2D eigenvalue weighted by molar-refractivity contribution is 6.06. The number of ether oxygens (including phenoxy) is 2. The number of unbranched alkanes of at least 4 members (excludes halogenated alkanes) is 2. The van der Waals surface area contributed by atoms with E-state index in [4.69, 9.17) is 20.2 Å². The molecule has 262 valence electrons. The largest absolute Gasteiger partial charge is 0.458 e. The molecule has 4 rings (SSSR count). The van der Waals surface area contributed by atoms with Gasteiger partial charge in [-0.2, -0.15) is 0 Å². The van der Waals surface area contributed by atoms with Gasteiger partial charge in [-0.25, -0.2) is 9.97 Å². The number of esters is 1. The van der Waals surface area contributed by atoms with E-state index < -0.39 is 5.60 Å². The van der Waals surface area contributed by atoms with Crippen LogP contribution in [0.3, 0.4) is 0 Å². The van der Waals surface area contributed by atoms with E-state index in [0.29, 0.717) is 37.5 Å². The highest BCUT2D eigenvalue weighted by Crippen LogP contribution is 2.31. The first-order valence-electron chi connectivity index (χ1n) is 17.7. The van der Waals surface area contributed by atoms with Gasteiger partial charge in [0.05, 0.1) is 17.6 Å². The van der Waals surface area contributed by atoms with E-state index in [2.05, 4.69) is 50.3 Å². The Kier molecular flexibility index (Phi) is 14.2. The maximum atomic E-state index is 12.9. The Morgan fingerprint density at radius 1 is 0.915 bits per heavy atom. The second-order valence-electron chi connectivity index (χ2n) is 14.0. The third-order valence-corrected chi connectivity index (χ3v) is 9.03. The molecule has 1 fully saturated rings. The van der Waals surface area contributed by atoms with Crippen molar-refractivity contribution in [1.82, 2.24) is 34.1 Å². The summed E-state index contributed by atoms with van der Waals surface area (Å²) in [5.41, 5.74) is 7.94. The van der Waals surface area contributed by atoms with Crippen LogP contribution in [0.2, 0.25) is 0 Å². The van der Waals surface area contributed by atoms with Crippen LogP contribution in [0.1, 0.15) is 65.1 Å². The molecule has 2 aromatic heterocycles. The summed E-state index contributed by atoms with van der Waals surface area (Å²) in [6.45, 7) is 17.7. The van der Waals surface area contributed by atoms with E-state index >= 15 is 0 Å². The van der Waals surface area contributed by atoms with Crippen molar-refractivity contribution in [3.63, 3.8) is 0 Å². The minimum atomic E-state index is -0.746. The molecule has 0 aliphatic carbocycles. The predicted octanol–water partition coefficient (Wildman–Crippen LogP) is 4.48. The number of aromatic nitrogens is 3. The first-order valence-corrected chi connectivity index (χ1v) is 17.7. The Hall–Kier alpha value is -2.83. The number of nitrogens with zero attached hydrogens (tertiary/aromatic N) is 7. The van der Waals surface area contributed by atoms with Crippen molar-refractivity contribution in [3.05, 3.63) is 30.1 Å². The number of para-hydroxylation sites is 1. The number of piperazine rings is 1. The van der Waals surface area contributed by atoms with E-state index in [9.17, 15) is 4.79 Å². The molecular weight excluding hydrogens is 592 g/mol. The summed E-state index contributed by atoms with van der Waals surface area (Å²) in [5, 5.41) is 0.962. The number of fused-ring (bicyclic) bond motifs is 3. The molecule has 3 aromatic rings. The summed E-state index contributed by atoms with van der Waals surface area (Å²) >= 11 is 0. The fourth-order valence-electron chi connectivity index (χ4n) is 6.50. The predicted molar refractivity (Wildman–Crippen MR) is 192 cm³/mol. The molecule has 0 atom stereocenters. The molecule has 3 heterocycles. The summed E-state index contributed by atoms with van der Waals surface area (Å²) < 4.78 is 13.9. The van der Waals surface area contributed by atoms with Gasteiger partial charge in [0.25, 0.3) is 0 Å². The topological polar surface area (TPSA) is 105 Å². The van der Waals surface area contributed by atoms with Gasteiger partial charge in [-0.3, -0.25) is 4.79 Å². The Morgan fingerprint density at radius 2 is 1.57 bits per heavy atom. The average molecular weight is 653 g/mol. The molecule has 1 aliphatic heterocycles. The molecule has 2 N–H and O–H groups in total. The van der Waals surface area contributed by atoms with Crippen molar-refractivity contribution < 1.29 is 14.3 Å². The van der Waals surface area contributed by atoms with Gasteiger partial charge >= 0.3 is 5.97 Å². The minimum absolute atomic E-state index is 0.164. The van der Waals surface area contributed by atoms with Crippen LogP contribution >= 0.6 is 0 Å². The zero-order valence-corrected chi connectivity index (χ0v) is 30.0. The molecule has 1 aromatic carbocycles. The monoisotopic (exact) mass is 652 g/mol. The summed E-state index contributed by atoms with van der Waals surface area (Å²) in [7, 11) is 6.51. The third kappa shape index (κ3) is 11.4. The number of hydrogen-bond acceptors (Lipinski definition) is 10. The van der Waals surface area contributed by atoms with Gasteiger partial charge in [0, 0.05) is 44.6 Å². The number of nitrogen functional groups attached to an aromatic ring is 1. The van der Waals surface area contributed by atoms with E-state index in [1.165, 1.54) is 58.7 Å². The molecule has 0 spiro atoms. The Labute approximate surface area is 282 Å². The third-order valence-electron chi connectivity index (χ3n) is 9.03. The smallest absolute Gasteiger partial charge is 0.306 e. The summed E-state index contributed by atoms with van der Waals surface area (Å²) in [5.74, 6) is 0.965. The van der Waals surface area contributed by atoms with Gasteiger partial charge in [-0.1, -0.05) is 24.6 Å². The van der Waals surface area contributed by atoms with E-state index in [1.807, 2.05) is 45.0 Å². The number of carbonyl (C=O) groups is 1. The zero-order valence-electron chi connectivity index (χ0n) is 30.0. The minimum Gasteiger partial charge on any atom is -0.458 e. The first-order chi connectivity index (χ1) is 22.6. The lowest BCUT2D eigenvalue weighted by Gasteiger charge is -2.35. The number of carbonyl (C=O) groups excluding carboxylic acids is 1. The highest BCUT2D eigenvalue weighted by Gasteiger charge is 2.28. The molecule has 1 saturated heterocycles. The first kappa shape index (κ1) is 37.0. The second kappa shape index (κ2) is 18.1. The van der Waals surface area contributed by atoms with Gasteiger partial charge in [0.15, 0.2) is 5.82 Å². The second-order valence-corrected chi connectivity index (χ2v) is 14.0. The molecule has 1 aliphatic rings. The zero-order chi connectivity index (χ0) is 33.8. The average Bonchev–Trinajstić information content (AvgIpc) is 3.38. The lowest BCUT2D eigenvalue weighted by atomic mass is 10.1. The normalized spacial score (nSPS) is 15.1. The number of hydrogen-bond donors (Lipinski definition) is 1. The van der Waals surface area contributed by atoms with Crippen molar-refractivity contribution in [2.45, 2.75) is 78.0 Å². The summed E-state index contributed by atoms with van der Waals surface area (Å²) in [4.78, 5) is 32.2. The Morgan fingerprint density at radius 3 is 2.26 bits per heavy atom. The molecular formula is C36H60N8O3. The lowest BCUT2D eigenvalue weighted by molar-refractivity contribution is -0.157. The molecule has 0 unspecified atom stereocenters. The molecule has 0 radical (unpaired) electrons. The van der Waals surface area contributed by atoms with Crippen LogP contribution in [-0.4, -0.2) is 132 Å². The molecule has 0 bridgehead atoms. The summed E-state index contributed by atoms with van der Waals surface area (Å²) in [6.07, 6.45) is 5.81. The van der Waals surface area contributed by atoms with Crippen LogP contribution in [0, 0.1) is 0 Å². The summed E-state index contributed by atoms with van der Waals surface area (Å²) in [6, 6.07) is 7.91. The van der Waals surface area contributed by atoms with Gasteiger partial charge in [0.1, 0.15) is 23.5 Å². The number of benzene rings is 1. The van der Waals surface area contributed by atoms with Crippen molar-refractivity contribution in [2.75, 3.05) is 92.4 Å². The Balaban J connectivity index is 1.16. The fraction of sp³-hybridized carbons (Fsp3) is 0.694. The van der Waals surface area contributed by atoms with Gasteiger partial charge in [-0.15, -0.1) is 0 Å². The van der Waals surface area contributed by atoms with Gasteiger partial charge in [-0.05, 0) is 106 Å². The maximum Gasteiger partial charge on any atom is 0.306 e. The van der Waals surface area contributed by atoms with E-state index in [0.717, 1.165) is 54.6 Å². The quantitative estimate of drug-likeness (QED) is 0.139. The standard InChI is InChI=1S/C36H60N8O3/c1-7-46-27-31-39-33-34(29-15-10-11-16-30(29)38-35(33)37)44(31)28-36(2,3)47-32(45)17-9-8-12-19-41(6)20-14-22-43-25-23-42(24-26-43)21-13-18-40(4)5/h10-11,15-16H,7-9,12-14,17-28H2,1-6H3,(H2,37,38). The SMILES string of the molecule is CCOCc1nc2c(N)nc3ccccc3c2n1CC(C)(C)OC(=O)CCCCCN(C)CCCN1CCN(CCCN(C)C)CC1. The van der Waals surface area contributed by atoms with E-state index in [1.54, 1.807) is 0 Å². The Bertz CT molecular complexity index is 1400. The van der Waals surface area contributed by atoms with Crippen molar-refractivity contribution in [2.24, 2.45) is 0 Å². The van der Waals surface area contributed by atoms with Crippen LogP contribution in [0.4, 0.5) is 5.82 Å². The number of imidazole rings is 1. The molecule has 11 nitrogen and oxygen atoms in total. The number of pyridine rings is 1.